The van der Waals surface area contributed by atoms with Crippen LogP contribution in [0.3, 0.4) is 0 Å². The Labute approximate surface area is 91.1 Å². The molecule has 0 saturated heterocycles. The van der Waals surface area contributed by atoms with Crippen LogP contribution in [0.15, 0.2) is 23.8 Å². The summed E-state index contributed by atoms with van der Waals surface area (Å²) < 4.78 is 0. The third-order valence-corrected chi connectivity index (χ3v) is 3.12. The van der Waals surface area contributed by atoms with Crippen molar-refractivity contribution in [3.05, 3.63) is 23.8 Å². The number of rotatable bonds is 3. The second-order valence-electron chi connectivity index (χ2n) is 4.81. The summed E-state index contributed by atoms with van der Waals surface area (Å²) in [6.07, 6.45) is 7.51. The maximum Gasteiger partial charge on any atom is 0.163 e. The Balaban J connectivity index is 2.93. The van der Waals surface area contributed by atoms with Gasteiger partial charge < -0.3 is 0 Å². The summed E-state index contributed by atoms with van der Waals surface area (Å²) in [6, 6.07) is 0. The number of carbonyl (C=O) groups is 2. The fourth-order valence-electron chi connectivity index (χ4n) is 2.39. The van der Waals surface area contributed by atoms with Crippen LogP contribution in [0, 0.1) is 11.3 Å². The highest BCUT2D eigenvalue weighted by atomic mass is 16.1. The van der Waals surface area contributed by atoms with Crippen LogP contribution in [0.25, 0.3) is 0 Å². The van der Waals surface area contributed by atoms with Crippen molar-refractivity contribution >= 4 is 12.1 Å². The van der Waals surface area contributed by atoms with Gasteiger partial charge in [0.1, 0.15) is 6.29 Å². The Hall–Kier alpha value is -1.18. The first kappa shape index (κ1) is 11.9. The van der Waals surface area contributed by atoms with Crippen LogP contribution < -0.4 is 0 Å². The van der Waals surface area contributed by atoms with Crippen LogP contribution in [0.2, 0.25) is 0 Å². The topological polar surface area (TPSA) is 34.1 Å². The predicted octanol–water partition coefficient (Wildman–Crippen LogP) is 2.69. The normalized spacial score (nSPS) is 25.0. The summed E-state index contributed by atoms with van der Waals surface area (Å²) in [5.74, 6) is -0.0250. The minimum atomic E-state index is -0.0672. The van der Waals surface area contributed by atoms with Gasteiger partial charge in [0, 0.05) is 5.92 Å². The molecule has 0 radical (unpaired) electrons. The molecule has 1 aliphatic carbocycles. The fourth-order valence-corrected chi connectivity index (χ4v) is 2.39. The minimum Gasteiger partial charge on any atom is -0.299 e. The summed E-state index contributed by atoms with van der Waals surface area (Å²) in [4.78, 5) is 22.1. The second-order valence-corrected chi connectivity index (χ2v) is 4.81. The highest BCUT2D eigenvalue weighted by molar-refractivity contribution is 5.96. The quantitative estimate of drug-likeness (QED) is 0.404. The SMILES string of the molecule is CC1=CCCC(C)(C)C1C(=O)/C=C/C=O. The molecule has 1 unspecified atom stereocenters. The monoisotopic (exact) mass is 206 g/mol. The van der Waals surface area contributed by atoms with Crippen molar-refractivity contribution in [2.45, 2.75) is 33.6 Å². The zero-order valence-corrected chi connectivity index (χ0v) is 9.62. The van der Waals surface area contributed by atoms with Gasteiger partial charge in [0.2, 0.25) is 0 Å². The summed E-state index contributed by atoms with van der Waals surface area (Å²) in [6.45, 7) is 6.22. The molecule has 0 bridgehead atoms. The molecule has 1 rings (SSSR count). The molecule has 2 nitrogen and oxygen atoms in total. The van der Waals surface area contributed by atoms with E-state index in [9.17, 15) is 9.59 Å². The lowest BCUT2D eigenvalue weighted by atomic mass is 9.67. The molecule has 0 heterocycles. The van der Waals surface area contributed by atoms with E-state index in [0.717, 1.165) is 18.4 Å². The van der Waals surface area contributed by atoms with Crippen LogP contribution in [-0.2, 0) is 9.59 Å². The third kappa shape index (κ3) is 2.65. The van der Waals surface area contributed by atoms with Gasteiger partial charge >= 0.3 is 0 Å². The molecular formula is C13H18O2. The molecule has 15 heavy (non-hydrogen) atoms. The van der Waals surface area contributed by atoms with Gasteiger partial charge in [-0.1, -0.05) is 25.5 Å². The fraction of sp³-hybridized carbons (Fsp3) is 0.538. The second kappa shape index (κ2) is 4.56. The highest BCUT2D eigenvalue weighted by Crippen LogP contribution is 2.41. The lowest BCUT2D eigenvalue weighted by Gasteiger charge is -2.36. The van der Waals surface area contributed by atoms with Crippen molar-refractivity contribution < 1.29 is 9.59 Å². The molecular weight excluding hydrogens is 188 g/mol. The van der Waals surface area contributed by atoms with E-state index < -0.39 is 0 Å². The Kier molecular flexibility index (Phi) is 3.61. The van der Waals surface area contributed by atoms with E-state index in [0.29, 0.717) is 6.29 Å². The standard InChI is InChI=1S/C13H18O2/c1-10-6-4-8-13(2,3)12(10)11(15)7-5-9-14/h5-7,9,12H,4,8H2,1-3H3/b7-5+. The first-order valence-corrected chi connectivity index (χ1v) is 5.31. The maximum atomic E-state index is 11.9. The lowest BCUT2D eigenvalue weighted by Crippen LogP contribution is -2.33. The molecule has 0 aromatic rings. The molecule has 0 aromatic carbocycles. The first-order chi connectivity index (χ1) is 6.99. The Morgan fingerprint density at radius 3 is 2.73 bits per heavy atom. The van der Waals surface area contributed by atoms with E-state index in [4.69, 9.17) is 0 Å². The summed E-state index contributed by atoms with van der Waals surface area (Å²) in [5, 5.41) is 0. The Morgan fingerprint density at radius 1 is 1.53 bits per heavy atom. The van der Waals surface area contributed by atoms with Crippen LogP contribution in [0.1, 0.15) is 33.6 Å². The number of ketones is 1. The third-order valence-electron chi connectivity index (χ3n) is 3.12. The van der Waals surface area contributed by atoms with Gasteiger partial charge in [-0.25, -0.2) is 0 Å². The van der Waals surface area contributed by atoms with Crippen LogP contribution in [0.4, 0.5) is 0 Å². The van der Waals surface area contributed by atoms with Gasteiger partial charge in [0.25, 0.3) is 0 Å². The zero-order chi connectivity index (χ0) is 11.5. The van der Waals surface area contributed by atoms with Crippen molar-refractivity contribution in [1.82, 2.24) is 0 Å². The number of hydrogen-bond donors (Lipinski definition) is 0. The van der Waals surface area contributed by atoms with Gasteiger partial charge in [0.15, 0.2) is 5.78 Å². The van der Waals surface area contributed by atoms with Crippen molar-refractivity contribution in [1.29, 1.82) is 0 Å². The molecule has 0 saturated carbocycles. The summed E-state index contributed by atoms with van der Waals surface area (Å²) in [5.41, 5.74) is 1.13. The lowest BCUT2D eigenvalue weighted by molar-refractivity contribution is -0.120. The van der Waals surface area contributed by atoms with Gasteiger partial charge in [-0.05, 0) is 37.3 Å². The smallest absolute Gasteiger partial charge is 0.163 e. The maximum absolute atomic E-state index is 11.9. The van der Waals surface area contributed by atoms with E-state index in [1.165, 1.54) is 12.2 Å². The number of aldehydes is 1. The molecule has 0 fully saturated rings. The molecule has 1 aliphatic rings. The number of allylic oxidation sites excluding steroid dienone is 4. The Bertz CT molecular complexity index is 321. The molecule has 0 aromatic heterocycles. The van der Waals surface area contributed by atoms with Crippen molar-refractivity contribution in [3.63, 3.8) is 0 Å². The molecule has 0 amide bonds. The molecule has 0 N–H and O–H groups in total. The largest absolute Gasteiger partial charge is 0.299 e. The number of hydrogen-bond acceptors (Lipinski definition) is 2. The minimum absolute atomic E-state index is 0.00312. The van der Waals surface area contributed by atoms with Gasteiger partial charge in [-0.15, -0.1) is 0 Å². The van der Waals surface area contributed by atoms with Crippen LogP contribution >= 0.6 is 0 Å². The summed E-state index contributed by atoms with van der Waals surface area (Å²) >= 11 is 0. The predicted molar refractivity (Wildman–Crippen MR) is 60.5 cm³/mol. The average molecular weight is 206 g/mol. The molecule has 0 aliphatic heterocycles. The van der Waals surface area contributed by atoms with E-state index in [-0.39, 0.29) is 17.1 Å². The van der Waals surface area contributed by atoms with E-state index >= 15 is 0 Å². The van der Waals surface area contributed by atoms with Crippen LogP contribution in [0.5, 0.6) is 0 Å². The first-order valence-electron chi connectivity index (χ1n) is 5.31. The average Bonchev–Trinajstić information content (AvgIpc) is 2.13. The van der Waals surface area contributed by atoms with E-state index in [1.807, 2.05) is 6.92 Å². The summed E-state index contributed by atoms with van der Waals surface area (Å²) in [7, 11) is 0. The van der Waals surface area contributed by atoms with Gasteiger partial charge in [0.05, 0.1) is 0 Å². The Morgan fingerprint density at radius 2 is 2.20 bits per heavy atom. The highest BCUT2D eigenvalue weighted by Gasteiger charge is 2.36. The zero-order valence-electron chi connectivity index (χ0n) is 9.62. The van der Waals surface area contributed by atoms with Crippen molar-refractivity contribution in [2.75, 3.05) is 0 Å². The van der Waals surface area contributed by atoms with Gasteiger partial charge in [-0.3, -0.25) is 9.59 Å². The molecule has 82 valence electrons. The van der Waals surface area contributed by atoms with Gasteiger partial charge in [-0.2, -0.15) is 0 Å². The number of carbonyl (C=O) groups excluding carboxylic acids is 2. The van der Waals surface area contributed by atoms with Crippen LogP contribution in [-0.4, -0.2) is 12.1 Å². The van der Waals surface area contributed by atoms with E-state index in [1.54, 1.807) is 0 Å². The van der Waals surface area contributed by atoms with E-state index in [2.05, 4.69) is 19.9 Å². The van der Waals surface area contributed by atoms with Crippen molar-refractivity contribution in [3.8, 4) is 0 Å². The molecule has 2 heteroatoms. The molecule has 1 atom stereocenters. The molecule has 0 spiro atoms. The van der Waals surface area contributed by atoms with Crippen molar-refractivity contribution in [2.24, 2.45) is 11.3 Å².